The fourth-order valence-electron chi connectivity index (χ4n) is 12.4. The number of nitrogens with one attached hydrogen (secondary N) is 2. The van der Waals surface area contributed by atoms with Gasteiger partial charge < -0.3 is 110 Å². The van der Waals surface area contributed by atoms with Gasteiger partial charge in [0, 0.05) is 13.3 Å². The van der Waals surface area contributed by atoms with E-state index in [1.807, 2.05) is 6.08 Å². The van der Waals surface area contributed by atoms with Gasteiger partial charge >= 0.3 is 0 Å². The van der Waals surface area contributed by atoms with Gasteiger partial charge in [0.25, 0.3) is 0 Å². The number of aliphatic hydroxyl groups excluding tert-OH is 13. The second-order valence-corrected chi connectivity index (χ2v) is 25.1. The average Bonchev–Trinajstić information content (AvgIpc) is 1.38. The Morgan fingerprint density at radius 1 is 0.432 bits per heavy atom. The Balaban J connectivity index is 1.37. The quantitative estimate of drug-likeness (QED) is 0.0308. The summed E-state index contributed by atoms with van der Waals surface area (Å²) in [5.41, 5.74) is 0. The van der Waals surface area contributed by atoms with Crippen LogP contribution in [0.15, 0.2) is 12.2 Å². The SMILES string of the molecule is CCCCCCCCCCCCCCC/C=C/[C@@H](O)[C@H](C[C@@H]1O[C@H](CO)[C@@H](O[C@@H]2O[C@H](CO)[C@H](O[C@@H]3O[C@H](CO)[C@H](O)[C@H](O[C@@H]4O[C@H](CO)[C@H](O)[C@H](O)[C@H]4O)[C@H]3NC(C)=O)[C@H](O)[C@H]2O)[C@H](O)[C@H]1O)NC(=O)CCCCCCCCCCCCCCCCC. The topological polar surface area (TPSA) is 386 Å². The van der Waals surface area contributed by atoms with E-state index in [9.17, 15) is 76.0 Å². The van der Waals surface area contributed by atoms with Crippen LogP contribution in [0.5, 0.6) is 0 Å². The smallest absolute Gasteiger partial charge is 0.220 e. The number of carbonyl (C=O) groups excluding carboxylic acids is 2. The molecular formula is C64H118N2O22. The fraction of sp³-hybridized carbons (Fsp3) is 0.938. The molecule has 2 amide bonds. The Morgan fingerprint density at radius 2 is 0.807 bits per heavy atom. The highest BCUT2D eigenvalue weighted by molar-refractivity contribution is 5.76. The normalized spacial score (nSPS) is 33.6. The molecule has 88 heavy (non-hydrogen) atoms. The largest absolute Gasteiger partial charge is 0.394 e. The van der Waals surface area contributed by atoms with Crippen LogP contribution in [-0.4, -0.2) is 239 Å². The first-order chi connectivity index (χ1) is 42.5. The lowest BCUT2D eigenvalue weighted by Gasteiger charge is -2.50. The molecule has 15 N–H and O–H groups in total. The lowest BCUT2D eigenvalue weighted by molar-refractivity contribution is -0.374. The highest BCUT2D eigenvalue weighted by atomic mass is 16.8. The van der Waals surface area contributed by atoms with Crippen molar-refractivity contribution >= 4 is 11.8 Å². The molecule has 0 aromatic heterocycles. The van der Waals surface area contributed by atoms with Crippen molar-refractivity contribution in [1.29, 1.82) is 0 Å². The Kier molecular flexibility index (Phi) is 39.6. The summed E-state index contributed by atoms with van der Waals surface area (Å²) in [6.45, 7) is 2.08. The van der Waals surface area contributed by atoms with Gasteiger partial charge in [-0.1, -0.05) is 193 Å². The number of ether oxygens (including phenoxy) is 7. The first-order valence-corrected chi connectivity index (χ1v) is 33.8. The predicted octanol–water partition coefficient (Wildman–Crippen LogP) is 2.98. The molecule has 4 heterocycles. The van der Waals surface area contributed by atoms with Gasteiger partial charge in [0.1, 0.15) is 97.6 Å². The Hall–Kier alpha value is -2.12. The lowest BCUT2D eigenvalue weighted by atomic mass is 9.89. The van der Waals surface area contributed by atoms with E-state index < -0.39 is 167 Å². The second-order valence-electron chi connectivity index (χ2n) is 25.1. The molecule has 0 aromatic rings. The highest BCUT2D eigenvalue weighted by Gasteiger charge is 2.56. The van der Waals surface area contributed by atoms with E-state index in [2.05, 4.69) is 24.5 Å². The van der Waals surface area contributed by atoms with Crippen LogP contribution >= 0.6 is 0 Å². The number of carbonyl (C=O) groups is 2. The van der Waals surface area contributed by atoms with Crippen molar-refractivity contribution in [2.24, 2.45) is 0 Å². The molecule has 0 saturated carbocycles. The van der Waals surface area contributed by atoms with Crippen LogP contribution in [0.3, 0.4) is 0 Å². The zero-order valence-electron chi connectivity index (χ0n) is 53.1. The molecule has 0 bridgehead atoms. The molecule has 4 rings (SSSR count). The molecule has 24 heteroatoms. The Morgan fingerprint density at radius 3 is 1.28 bits per heavy atom. The van der Waals surface area contributed by atoms with Gasteiger partial charge in [-0.15, -0.1) is 0 Å². The first-order valence-electron chi connectivity index (χ1n) is 33.8. The molecule has 4 aliphatic rings. The third kappa shape index (κ3) is 26.3. The summed E-state index contributed by atoms with van der Waals surface area (Å²) in [5.74, 6) is -1.05. The maximum absolute atomic E-state index is 13.5. The molecule has 4 fully saturated rings. The van der Waals surface area contributed by atoms with Crippen molar-refractivity contribution in [2.75, 3.05) is 26.4 Å². The van der Waals surface area contributed by atoms with E-state index in [0.29, 0.717) is 12.8 Å². The van der Waals surface area contributed by atoms with Crippen LogP contribution in [0.25, 0.3) is 0 Å². The molecule has 0 unspecified atom stereocenters. The predicted molar refractivity (Wildman–Crippen MR) is 325 cm³/mol. The van der Waals surface area contributed by atoms with E-state index in [0.717, 1.165) is 51.9 Å². The minimum Gasteiger partial charge on any atom is -0.394 e. The maximum atomic E-state index is 13.5. The molecule has 516 valence electrons. The molecule has 24 nitrogen and oxygen atoms in total. The summed E-state index contributed by atoms with van der Waals surface area (Å²) in [6.07, 6.45) is 3.35. The maximum Gasteiger partial charge on any atom is 0.220 e. The van der Waals surface area contributed by atoms with Crippen molar-refractivity contribution in [3.63, 3.8) is 0 Å². The monoisotopic (exact) mass is 1270 g/mol. The Labute approximate surface area is 523 Å². The van der Waals surface area contributed by atoms with Crippen LogP contribution in [0.2, 0.25) is 0 Å². The molecular weight excluding hydrogens is 1150 g/mol. The number of unbranched alkanes of at least 4 members (excludes halogenated alkanes) is 27. The van der Waals surface area contributed by atoms with Crippen molar-refractivity contribution in [3.8, 4) is 0 Å². The van der Waals surface area contributed by atoms with Crippen molar-refractivity contribution in [3.05, 3.63) is 12.2 Å². The third-order valence-electron chi connectivity index (χ3n) is 17.8. The second kappa shape index (κ2) is 44.5. The molecule has 0 radical (unpaired) electrons. The summed E-state index contributed by atoms with van der Waals surface area (Å²) in [5, 5.41) is 148. The van der Waals surface area contributed by atoms with E-state index in [1.165, 1.54) is 128 Å². The number of hydrogen-bond donors (Lipinski definition) is 15. The summed E-state index contributed by atoms with van der Waals surface area (Å²) >= 11 is 0. The summed E-state index contributed by atoms with van der Waals surface area (Å²) in [4.78, 5) is 26.1. The first kappa shape index (κ1) is 78.3. The van der Waals surface area contributed by atoms with E-state index >= 15 is 0 Å². The minimum atomic E-state index is -2.08. The van der Waals surface area contributed by atoms with Gasteiger partial charge in [0.15, 0.2) is 18.9 Å². The summed E-state index contributed by atoms with van der Waals surface area (Å²) in [6, 6.07) is -2.59. The molecule has 0 spiro atoms. The van der Waals surface area contributed by atoms with E-state index in [4.69, 9.17) is 33.2 Å². The highest BCUT2D eigenvalue weighted by Crippen LogP contribution is 2.35. The van der Waals surface area contributed by atoms with Gasteiger partial charge in [-0.25, -0.2) is 0 Å². The van der Waals surface area contributed by atoms with Gasteiger partial charge in [0.05, 0.1) is 44.7 Å². The van der Waals surface area contributed by atoms with Crippen LogP contribution < -0.4 is 10.6 Å². The van der Waals surface area contributed by atoms with Gasteiger partial charge in [-0.3, -0.25) is 9.59 Å². The van der Waals surface area contributed by atoms with E-state index in [1.54, 1.807) is 6.08 Å². The minimum absolute atomic E-state index is 0.200. The van der Waals surface area contributed by atoms with Gasteiger partial charge in [0.2, 0.25) is 11.8 Å². The molecule has 0 aromatic carbocycles. The average molecular weight is 1270 g/mol. The third-order valence-corrected chi connectivity index (χ3v) is 17.8. The van der Waals surface area contributed by atoms with Crippen LogP contribution in [0.1, 0.15) is 220 Å². The van der Waals surface area contributed by atoms with E-state index in [-0.39, 0.29) is 18.7 Å². The van der Waals surface area contributed by atoms with Crippen molar-refractivity contribution < 1.29 is 109 Å². The Bertz CT molecular complexity index is 1840. The van der Waals surface area contributed by atoms with Crippen LogP contribution in [0, 0.1) is 0 Å². The standard InChI is InChI=1S/C64H118N2O22/c1-4-6-8-10-12-14-16-18-20-22-24-26-28-30-32-34-43(72)42(66-49(73)35-33-31-29-27-25-23-21-19-17-15-13-11-9-7-5-2)36-44-51(74)55(78)59(47(39-69)82-44)87-64-58(81)56(79)60(48(40-70)85-64)86-62-50(65-41(3)71)61(53(76)46(38-68)83-62)88-63-57(80)54(77)52(75)45(37-67)84-63/h32,34,42-48,50-64,67-70,72,74-81H,4-31,33,35-40H2,1-3H3,(H,65,71)(H,66,73)/b34-32+/t42-,43+,44-,45+,46+,47+,48+,50+,51-,52-,53-,54-,55+,56+,57+,58+,59+,60-,61+,62-,63-,64-/m0/s1. The molecule has 0 aliphatic carbocycles. The van der Waals surface area contributed by atoms with Crippen LogP contribution in [0.4, 0.5) is 0 Å². The zero-order chi connectivity index (χ0) is 64.4. The molecule has 4 saturated heterocycles. The zero-order valence-corrected chi connectivity index (χ0v) is 53.1. The van der Waals surface area contributed by atoms with Gasteiger partial charge in [-0.05, 0) is 25.7 Å². The lowest BCUT2D eigenvalue weighted by Crippen LogP contribution is -2.70. The number of amides is 2. The van der Waals surface area contributed by atoms with Crippen molar-refractivity contribution in [2.45, 2.75) is 355 Å². The van der Waals surface area contributed by atoms with Crippen molar-refractivity contribution in [1.82, 2.24) is 10.6 Å². The van der Waals surface area contributed by atoms with Gasteiger partial charge in [-0.2, -0.15) is 0 Å². The number of aliphatic hydroxyl groups is 13. The summed E-state index contributed by atoms with van der Waals surface area (Å²) < 4.78 is 41.2. The number of hydrogen-bond acceptors (Lipinski definition) is 22. The molecule has 4 aliphatic heterocycles. The number of allylic oxidation sites excluding steroid dienone is 1. The fourth-order valence-corrected chi connectivity index (χ4v) is 12.4. The number of rotatable bonds is 46. The van der Waals surface area contributed by atoms with Crippen LogP contribution in [-0.2, 0) is 42.7 Å². The summed E-state index contributed by atoms with van der Waals surface area (Å²) in [7, 11) is 0. The molecule has 22 atom stereocenters.